The van der Waals surface area contributed by atoms with Crippen molar-refractivity contribution in [2.45, 2.75) is 13.5 Å². The van der Waals surface area contributed by atoms with Crippen LogP contribution in [0.3, 0.4) is 0 Å². The molecule has 3 heterocycles. The van der Waals surface area contributed by atoms with Gasteiger partial charge in [0.05, 0.1) is 18.1 Å². The van der Waals surface area contributed by atoms with E-state index in [0.29, 0.717) is 32.1 Å². The van der Waals surface area contributed by atoms with Gasteiger partial charge < -0.3 is 14.7 Å². The second kappa shape index (κ2) is 11.0. The average Bonchev–Trinajstić information content (AvgIpc) is 2.94. The van der Waals surface area contributed by atoms with E-state index in [1.165, 1.54) is 12.4 Å². The van der Waals surface area contributed by atoms with E-state index in [0.717, 1.165) is 60.7 Å². The maximum atomic E-state index is 13.4. The number of hydrogen-bond acceptors (Lipinski definition) is 6. The van der Waals surface area contributed by atoms with Crippen LogP contribution in [0.1, 0.15) is 27.0 Å². The average molecular weight is 499 g/mol. The molecule has 2 aromatic carbocycles. The Balaban J connectivity index is 1.18. The first-order chi connectivity index (χ1) is 18.0. The van der Waals surface area contributed by atoms with Gasteiger partial charge in [-0.15, -0.1) is 6.42 Å². The second-order valence-corrected chi connectivity index (χ2v) is 9.55. The van der Waals surface area contributed by atoms with Gasteiger partial charge in [0.25, 0.3) is 5.91 Å². The zero-order valence-corrected chi connectivity index (χ0v) is 21.1. The molecule has 0 aliphatic carbocycles. The maximum absolute atomic E-state index is 13.4. The number of amides is 1. The number of terminal acetylenes is 1. The van der Waals surface area contributed by atoms with Crippen LogP contribution in [-0.2, 0) is 6.54 Å². The molecule has 8 heteroatoms. The van der Waals surface area contributed by atoms with Gasteiger partial charge in [-0.2, -0.15) is 0 Å². The number of benzene rings is 2. The van der Waals surface area contributed by atoms with Crippen molar-refractivity contribution in [3.8, 4) is 12.3 Å². The fraction of sp³-hybridized carbons (Fsp3) is 0.345. The highest BCUT2D eigenvalue weighted by molar-refractivity contribution is 5.96. The Morgan fingerprint density at radius 3 is 2.32 bits per heavy atom. The van der Waals surface area contributed by atoms with E-state index in [9.17, 15) is 9.18 Å². The van der Waals surface area contributed by atoms with Gasteiger partial charge in [-0.3, -0.25) is 9.69 Å². The minimum absolute atomic E-state index is 0.0507. The molecular weight excluding hydrogens is 467 g/mol. The Bertz CT molecular complexity index is 1290. The zero-order valence-electron chi connectivity index (χ0n) is 21.1. The molecule has 0 unspecified atom stereocenters. The number of nitrogens with zero attached hydrogens (tertiary/aromatic N) is 6. The van der Waals surface area contributed by atoms with Crippen LogP contribution < -0.4 is 9.80 Å². The molecule has 37 heavy (non-hydrogen) atoms. The summed E-state index contributed by atoms with van der Waals surface area (Å²) in [5, 5.41) is 0. The minimum Gasteiger partial charge on any atom is -0.368 e. The van der Waals surface area contributed by atoms with Gasteiger partial charge in [-0.1, -0.05) is 30.2 Å². The van der Waals surface area contributed by atoms with Crippen molar-refractivity contribution in [3.63, 3.8) is 0 Å². The van der Waals surface area contributed by atoms with E-state index in [1.54, 1.807) is 0 Å². The van der Waals surface area contributed by atoms with Gasteiger partial charge in [0.2, 0.25) is 5.95 Å². The Morgan fingerprint density at radius 2 is 1.62 bits per heavy atom. The molecule has 7 nitrogen and oxygen atoms in total. The van der Waals surface area contributed by atoms with E-state index >= 15 is 0 Å². The molecule has 2 aliphatic heterocycles. The van der Waals surface area contributed by atoms with E-state index in [4.69, 9.17) is 6.42 Å². The molecule has 2 fully saturated rings. The number of hydrogen-bond donors (Lipinski definition) is 0. The largest absolute Gasteiger partial charge is 0.368 e. The summed E-state index contributed by atoms with van der Waals surface area (Å²) in [7, 11) is 0. The predicted molar refractivity (Wildman–Crippen MR) is 143 cm³/mol. The summed E-state index contributed by atoms with van der Waals surface area (Å²) in [6.45, 7) is 8.87. The number of aromatic nitrogens is 2. The SMILES string of the molecule is C#Cc1ccccc1N1CCN(Cc2ccc(C)c(C(=O)N3CCN(c4ncc(F)cn4)CC3)c2)CC1. The molecular formula is C29H31FN6O. The molecule has 0 N–H and O–H groups in total. The first-order valence-electron chi connectivity index (χ1n) is 12.7. The first kappa shape index (κ1) is 24.7. The van der Waals surface area contributed by atoms with Gasteiger partial charge in [0, 0.05) is 70.0 Å². The third kappa shape index (κ3) is 5.57. The molecule has 0 saturated carbocycles. The third-order valence-corrected chi connectivity index (χ3v) is 7.17. The Kier molecular flexibility index (Phi) is 7.33. The maximum Gasteiger partial charge on any atom is 0.254 e. The lowest BCUT2D eigenvalue weighted by molar-refractivity contribution is 0.0745. The van der Waals surface area contributed by atoms with Gasteiger partial charge >= 0.3 is 0 Å². The van der Waals surface area contributed by atoms with Gasteiger partial charge in [0.1, 0.15) is 0 Å². The fourth-order valence-corrected chi connectivity index (χ4v) is 5.02. The lowest BCUT2D eigenvalue weighted by atomic mass is 10.0. The number of para-hydroxylation sites is 1. The van der Waals surface area contributed by atoms with Gasteiger partial charge in [-0.05, 0) is 36.2 Å². The van der Waals surface area contributed by atoms with Gasteiger partial charge in [-0.25, -0.2) is 14.4 Å². The Morgan fingerprint density at radius 1 is 0.946 bits per heavy atom. The topological polar surface area (TPSA) is 55.8 Å². The van der Waals surface area contributed by atoms with Crippen LogP contribution in [0.2, 0.25) is 0 Å². The summed E-state index contributed by atoms with van der Waals surface area (Å²) >= 11 is 0. The smallest absolute Gasteiger partial charge is 0.254 e. The highest BCUT2D eigenvalue weighted by Gasteiger charge is 2.25. The summed E-state index contributed by atoms with van der Waals surface area (Å²) in [5.74, 6) is 2.88. The van der Waals surface area contributed by atoms with Crippen molar-refractivity contribution >= 4 is 17.5 Å². The number of rotatable bonds is 5. The summed E-state index contributed by atoms with van der Waals surface area (Å²) in [6, 6.07) is 14.3. The molecule has 1 amide bonds. The predicted octanol–water partition coefficient (Wildman–Crippen LogP) is 3.19. The molecule has 2 saturated heterocycles. The van der Waals surface area contributed by atoms with Crippen LogP contribution in [0.5, 0.6) is 0 Å². The summed E-state index contributed by atoms with van der Waals surface area (Å²) in [6.07, 6.45) is 8.03. The quantitative estimate of drug-likeness (QED) is 0.504. The highest BCUT2D eigenvalue weighted by Crippen LogP contribution is 2.23. The van der Waals surface area contributed by atoms with Crippen LogP contribution in [0.4, 0.5) is 16.0 Å². The Hall–Kier alpha value is -3.96. The molecule has 5 rings (SSSR count). The number of piperazine rings is 2. The number of anilines is 2. The lowest BCUT2D eigenvalue weighted by Gasteiger charge is -2.37. The summed E-state index contributed by atoms with van der Waals surface area (Å²) < 4.78 is 13.1. The molecule has 1 aromatic heterocycles. The second-order valence-electron chi connectivity index (χ2n) is 9.55. The number of aryl methyl sites for hydroxylation is 1. The highest BCUT2D eigenvalue weighted by atomic mass is 19.1. The molecule has 2 aliphatic rings. The zero-order chi connectivity index (χ0) is 25.8. The monoisotopic (exact) mass is 498 g/mol. The van der Waals surface area contributed by atoms with Crippen LogP contribution in [0, 0.1) is 25.1 Å². The first-order valence-corrected chi connectivity index (χ1v) is 12.7. The van der Waals surface area contributed by atoms with Crippen molar-refractivity contribution in [3.05, 3.63) is 82.9 Å². The number of carbonyl (C=O) groups is 1. The van der Waals surface area contributed by atoms with Crippen molar-refractivity contribution in [2.24, 2.45) is 0 Å². The summed E-state index contributed by atoms with van der Waals surface area (Å²) in [5.41, 5.74) is 4.94. The number of halogens is 1. The minimum atomic E-state index is -0.455. The molecule has 0 spiro atoms. The Labute approximate surface area is 217 Å². The van der Waals surface area contributed by atoms with Crippen LogP contribution in [0.15, 0.2) is 54.9 Å². The van der Waals surface area contributed by atoms with E-state index in [1.807, 2.05) is 47.1 Å². The summed E-state index contributed by atoms with van der Waals surface area (Å²) in [4.78, 5) is 30.2. The van der Waals surface area contributed by atoms with E-state index in [-0.39, 0.29) is 5.91 Å². The molecule has 3 aromatic rings. The molecule has 0 atom stereocenters. The number of carbonyl (C=O) groups excluding carboxylic acids is 1. The fourth-order valence-electron chi connectivity index (χ4n) is 5.02. The third-order valence-electron chi connectivity index (χ3n) is 7.17. The van der Waals surface area contributed by atoms with Crippen LogP contribution in [-0.4, -0.2) is 78.0 Å². The standard InChI is InChI=1S/C29H31FN6O/c1-3-24-6-4-5-7-27(24)34-12-10-33(11-13-34)21-23-9-8-22(2)26(18-23)28(37)35-14-16-36(17-15-35)29-31-19-25(30)20-32-29/h1,4-9,18-20H,10-17,21H2,2H3. The normalized spacial score (nSPS) is 16.5. The molecule has 0 radical (unpaired) electrons. The van der Waals surface area contributed by atoms with Crippen molar-refractivity contribution in [1.29, 1.82) is 0 Å². The van der Waals surface area contributed by atoms with Crippen LogP contribution >= 0.6 is 0 Å². The van der Waals surface area contributed by atoms with Gasteiger partial charge in [0.15, 0.2) is 5.82 Å². The van der Waals surface area contributed by atoms with Crippen molar-refractivity contribution in [2.75, 3.05) is 62.2 Å². The van der Waals surface area contributed by atoms with E-state index in [2.05, 4.69) is 37.8 Å². The van der Waals surface area contributed by atoms with Crippen LogP contribution in [0.25, 0.3) is 0 Å². The lowest BCUT2D eigenvalue weighted by Crippen LogP contribution is -2.49. The van der Waals surface area contributed by atoms with Crippen molar-refractivity contribution in [1.82, 2.24) is 19.8 Å². The molecule has 0 bridgehead atoms. The van der Waals surface area contributed by atoms with E-state index < -0.39 is 5.82 Å². The van der Waals surface area contributed by atoms with Crippen molar-refractivity contribution < 1.29 is 9.18 Å². The molecule has 190 valence electrons.